The number of likely N-dealkylation sites (tertiary alicyclic amines) is 1. The molecule has 10 nitrogen and oxygen atoms in total. The highest BCUT2D eigenvalue weighted by atomic mass is 32.2. The SMILES string of the molecule is CCC(=O)C[C@H](C)[C@H]1C(=O)N2C(C(=O)O)=C(S[C@@H]3CN[C@H](C(=O)N4C[C@@H](O)[C@@H](N)C4)C3)[C@H](C)[C@@H]12. The van der Waals surface area contributed by atoms with Crippen LogP contribution in [0.4, 0.5) is 0 Å². The minimum absolute atomic E-state index is 0.0201. The zero-order valence-electron chi connectivity index (χ0n) is 19.8. The topological polar surface area (TPSA) is 153 Å². The lowest BCUT2D eigenvalue weighted by Crippen LogP contribution is -2.62. The molecule has 4 aliphatic heterocycles. The number of hydrogen-bond acceptors (Lipinski definition) is 8. The van der Waals surface area contributed by atoms with Gasteiger partial charge in [-0.15, -0.1) is 11.8 Å². The molecule has 0 aromatic carbocycles. The zero-order valence-corrected chi connectivity index (χ0v) is 20.6. The van der Waals surface area contributed by atoms with Crippen LogP contribution in [0.3, 0.4) is 0 Å². The molecule has 4 heterocycles. The Hall–Kier alpha value is -1.95. The lowest BCUT2D eigenvalue weighted by atomic mass is 9.73. The number of hydrogen-bond donors (Lipinski definition) is 4. The van der Waals surface area contributed by atoms with E-state index in [1.807, 2.05) is 13.8 Å². The Morgan fingerprint density at radius 2 is 2.00 bits per heavy atom. The maximum absolute atomic E-state index is 13.0. The number of carboxylic acids is 1. The Bertz CT molecular complexity index is 915. The molecule has 34 heavy (non-hydrogen) atoms. The van der Waals surface area contributed by atoms with E-state index in [1.54, 1.807) is 11.8 Å². The lowest BCUT2D eigenvalue weighted by molar-refractivity contribution is -0.160. The molecule has 8 atom stereocenters. The van der Waals surface area contributed by atoms with E-state index in [0.717, 1.165) is 0 Å². The molecule has 11 heteroatoms. The predicted molar refractivity (Wildman–Crippen MR) is 125 cm³/mol. The number of nitrogens with one attached hydrogen (secondary N) is 1. The summed E-state index contributed by atoms with van der Waals surface area (Å²) in [6, 6.07) is -1.10. The van der Waals surface area contributed by atoms with Crippen LogP contribution in [0.1, 0.15) is 40.0 Å². The largest absolute Gasteiger partial charge is 0.477 e. The van der Waals surface area contributed by atoms with Gasteiger partial charge in [0, 0.05) is 54.6 Å². The molecule has 3 saturated heterocycles. The molecule has 4 rings (SSSR count). The fraction of sp³-hybridized carbons (Fsp3) is 0.739. The number of carboxylic acid groups (broad SMARTS) is 1. The van der Waals surface area contributed by atoms with Crippen LogP contribution >= 0.6 is 11.8 Å². The third-order valence-corrected chi connectivity index (χ3v) is 9.19. The van der Waals surface area contributed by atoms with E-state index >= 15 is 0 Å². The molecule has 5 N–H and O–H groups in total. The highest BCUT2D eigenvalue weighted by molar-refractivity contribution is 8.03. The minimum atomic E-state index is -1.13. The summed E-state index contributed by atoms with van der Waals surface area (Å²) in [5.41, 5.74) is 5.87. The van der Waals surface area contributed by atoms with Crippen LogP contribution in [0.15, 0.2) is 10.6 Å². The van der Waals surface area contributed by atoms with Crippen molar-refractivity contribution in [1.29, 1.82) is 0 Å². The number of β-lactam (4-membered cyclic amide) rings is 1. The van der Waals surface area contributed by atoms with Gasteiger partial charge in [-0.3, -0.25) is 14.4 Å². The number of ketones is 1. The van der Waals surface area contributed by atoms with E-state index in [2.05, 4.69) is 5.32 Å². The summed E-state index contributed by atoms with van der Waals surface area (Å²) in [6.07, 6.45) is 0.548. The van der Waals surface area contributed by atoms with Crippen LogP contribution < -0.4 is 11.1 Å². The highest BCUT2D eigenvalue weighted by Crippen LogP contribution is 2.53. The molecule has 0 aromatic rings. The van der Waals surface area contributed by atoms with E-state index < -0.39 is 24.2 Å². The fourth-order valence-corrected chi connectivity index (χ4v) is 7.25. The number of carbonyl (C=O) groups is 4. The number of aliphatic hydroxyl groups is 1. The molecule has 0 aliphatic carbocycles. The normalized spacial score (nSPS) is 36.0. The van der Waals surface area contributed by atoms with Crippen LogP contribution in [0.25, 0.3) is 0 Å². The van der Waals surface area contributed by atoms with E-state index in [9.17, 15) is 29.4 Å². The van der Waals surface area contributed by atoms with Gasteiger partial charge in [-0.1, -0.05) is 20.8 Å². The number of fused-ring (bicyclic) bond motifs is 1. The molecule has 3 fully saturated rings. The number of rotatable bonds is 8. The van der Waals surface area contributed by atoms with Gasteiger partial charge in [0.05, 0.1) is 24.1 Å². The Kier molecular flexibility index (Phi) is 7.10. The number of thioether (sulfide) groups is 1. The summed E-state index contributed by atoms with van der Waals surface area (Å²) in [4.78, 5) is 53.5. The average molecular weight is 495 g/mol. The van der Waals surface area contributed by atoms with Crippen molar-refractivity contribution in [3.63, 3.8) is 0 Å². The molecule has 0 unspecified atom stereocenters. The number of Topliss-reactive ketones (excluding diaryl/α,β-unsaturated/α-hetero) is 1. The molecule has 0 saturated carbocycles. The van der Waals surface area contributed by atoms with Gasteiger partial charge >= 0.3 is 5.97 Å². The molecule has 0 bridgehead atoms. The number of amides is 2. The van der Waals surface area contributed by atoms with Crippen LogP contribution in [0.5, 0.6) is 0 Å². The first kappa shape index (κ1) is 25.2. The molecule has 0 aromatic heterocycles. The van der Waals surface area contributed by atoms with Gasteiger partial charge in [0.2, 0.25) is 11.8 Å². The molecule has 4 aliphatic rings. The third-order valence-electron chi connectivity index (χ3n) is 7.68. The third kappa shape index (κ3) is 4.27. The molecular formula is C23H34N4O6S. The fourth-order valence-electron chi connectivity index (χ4n) is 5.77. The van der Waals surface area contributed by atoms with Crippen LogP contribution in [0.2, 0.25) is 0 Å². The predicted octanol–water partition coefficient (Wildman–Crippen LogP) is -0.241. The molecular weight excluding hydrogens is 460 g/mol. The quantitative estimate of drug-likeness (QED) is 0.335. The van der Waals surface area contributed by atoms with Crippen molar-refractivity contribution in [3.05, 3.63) is 10.6 Å². The smallest absolute Gasteiger partial charge is 0.353 e. The number of carbonyl (C=O) groups excluding carboxylic acids is 3. The number of aliphatic hydroxyl groups excluding tert-OH is 1. The maximum atomic E-state index is 13.0. The zero-order chi connectivity index (χ0) is 24.9. The Morgan fingerprint density at radius 1 is 1.29 bits per heavy atom. The number of nitrogens with zero attached hydrogens (tertiary/aromatic N) is 2. The summed E-state index contributed by atoms with van der Waals surface area (Å²) in [5, 5.41) is 23.0. The standard InChI is InChI=1S/C23H34N4O6S/c1-4-12(28)5-10(2)17-18-11(3)20(19(23(32)33)27(18)22(17)31)34-13-6-15(25-7-13)21(30)26-8-14(24)16(29)9-26/h10-11,13-18,25,29H,4-9,24H2,1-3H3,(H,32,33)/t10-,11+,13-,14-,15-,16+,17+,18-/m0/s1. The number of β-amino-alcohol motifs (C(OH)–C–C–N with tert-alkyl or cyclic N) is 1. The lowest BCUT2D eigenvalue weighted by Gasteiger charge is -2.47. The summed E-state index contributed by atoms with van der Waals surface area (Å²) < 4.78 is 0. The number of aliphatic carboxylic acids is 1. The molecule has 188 valence electrons. The van der Waals surface area contributed by atoms with E-state index in [0.29, 0.717) is 37.3 Å². The van der Waals surface area contributed by atoms with Gasteiger partial charge in [0.1, 0.15) is 11.5 Å². The Balaban J connectivity index is 1.44. The van der Waals surface area contributed by atoms with Crippen molar-refractivity contribution in [2.24, 2.45) is 23.5 Å². The minimum Gasteiger partial charge on any atom is -0.477 e. The average Bonchev–Trinajstić information content (AvgIpc) is 3.44. The summed E-state index contributed by atoms with van der Waals surface area (Å²) in [6.45, 7) is 6.72. The van der Waals surface area contributed by atoms with Crippen molar-refractivity contribution < 1.29 is 29.4 Å². The van der Waals surface area contributed by atoms with E-state index in [1.165, 1.54) is 16.7 Å². The first-order valence-corrected chi connectivity index (χ1v) is 12.9. The van der Waals surface area contributed by atoms with Gasteiger partial charge < -0.3 is 31.1 Å². The van der Waals surface area contributed by atoms with Crippen molar-refractivity contribution >= 4 is 35.3 Å². The second-order valence-electron chi connectivity index (χ2n) is 10.0. The van der Waals surface area contributed by atoms with Gasteiger partial charge in [-0.25, -0.2) is 4.79 Å². The van der Waals surface area contributed by atoms with Gasteiger partial charge in [0.15, 0.2) is 0 Å². The van der Waals surface area contributed by atoms with Crippen molar-refractivity contribution in [2.75, 3.05) is 19.6 Å². The van der Waals surface area contributed by atoms with Gasteiger partial charge in [-0.2, -0.15) is 0 Å². The van der Waals surface area contributed by atoms with Crippen molar-refractivity contribution in [3.8, 4) is 0 Å². The van der Waals surface area contributed by atoms with Crippen molar-refractivity contribution in [2.45, 2.75) is 69.5 Å². The van der Waals surface area contributed by atoms with Gasteiger partial charge in [-0.05, 0) is 12.3 Å². The van der Waals surface area contributed by atoms with E-state index in [-0.39, 0.29) is 58.9 Å². The first-order valence-electron chi connectivity index (χ1n) is 12.0. The second kappa shape index (κ2) is 9.60. The number of nitrogens with two attached hydrogens (primary N) is 1. The molecule has 0 spiro atoms. The highest BCUT2D eigenvalue weighted by Gasteiger charge is 2.60. The van der Waals surface area contributed by atoms with E-state index in [4.69, 9.17) is 5.73 Å². The Labute approximate surface area is 203 Å². The maximum Gasteiger partial charge on any atom is 0.353 e. The summed E-state index contributed by atoms with van der Waals surface area (Å²) in [7, 11) is 0. The molecule has 2 amide bonds. The van der Waals surface area contributed by atoms with Crippen LogP contribution in [-0.2, 0) is 19.2 Å². The molecule has 0 radical (unpaired) electrons. The van der Waals surface area contributed by atoms with Crippen LogP contribution in [-0.4, -0.2) is 92.7 Å². The van der Waals surface area contributed by atoms with Gasteiger partial charge in [0.25, 0.3) is 0 Å². The second-order valence-corrected chi connectivity index (χ2v) is 11.4. The van der Waals surface area contributed by atoms with Crippen molar-refractivity contribution in [1.82, 2.24) is 15.1 Å². The summed E-state index contributed by atoms with van der Waals surface area (Å²) in [5.74, 6) is -2.00. The van der Waals surface area contributed by atoms with Crippen LogP contribution in [0, 0.1) is 17.8 Å². The monoisotopic (exact) mass is 494 g/mol. The summed E-state index contributed by atoms with van der Waals surface area (Å²) >= 11 is 1.44. The Morgan fingerprint density at radius 3 is 2.59 bits per heavy atom. The first-order chi connectivity index (χ1) is 16.0.